The van der Waals surface area contributed by atoms with Crippen molar-refractivity contribution in [2.75, 3.05) is 20.1 Å². The van der Waals surface area contributed by atoms with Crippen molar-refractivity contribution in [3.8, 4) is 0 Å². The van der Waals surface area contributed by atoms with Gasteiger partial charge in [-0.05, 0) is 18.8 Å². The number of carboxylic acids is 1. The van der Waals surface area contributed by atoms with Gasteiger partial charge in [0.15, 0.2) is 0 Å². The molecule has 2 aliphatic rings. The highest BCUT2D eigenvalue weighted by atomic mass is 16.4. The molecule has 1 aliphatic heterocycles. The number of carboxylic acid groups (broad SMARTS) is 1. The second-order valence-electron chi connectivity index (χ2n) is 4.52. The minimum absolute atomic E-state index is 0.307. The number of carbonyl (C=O) groups is 1. The topological polar surface area (TPSA) is 52.9 Å². The summed E-state index contributed by atoms with van der Waals surface area (Å²) in [5.74, 6) is 0.0469. The lowest BCUT2D eigenvalue weighted by Crippen LogP contribution is -2.38. The van der Waals surface area contributed by atoms with E-state index in [1.165, 1.54) is 12.8 Å². The van der Waals surface area contributed by atoms with E-state index in [9.17, 15) is 9.90 Å². The molecule has 1 unspecified atom stereocenters. The van der Waals surface area contributed by atoms with Gasteiger partial charge in [0.25, 0.3) is 0 Å². The number of hydrogen-bond acceptors (Lipinski definition) is 3. The fraction of sp³-hybridized carbons (Fsp3) is 0.818. The summed E-state index contributed by atoms with van der Waals surface area (Å²) in [6.07, 6.45) is 4.44. The minimum Gasteiger partial charge on any atom is -0.481 e. The molecule has 0 radical (unpaired) electrons. The zero-order valence-corrected chi connectivity index (χ0v) is 9.15. The van der Waals surface area contributed by atoms with Crippen molar-refractivity contribution in [3.05, 3.63) is 0 Å². The van der Waals surface area contributed by atoms with Gasteiger partial charge in [0.2, 0.25) is 0 Å². The molecule has 1 atom stereocenters. The van der Waals surface area contributed by atoms with E-state index < -0.39 is 5.97 Å². The average Bonchev–Trinajstić information content (AvgIpc) is 2.79. The van der Waals surface area contributed by atoms with E-state index in [0.717, 1.165) is 31.8 Å². The summed E-state index contributed by atoms with van der Waals surface area (Å²) in [7, 11) is 1.94. The third-order valence-electron chi connectivity index (χ3n) is 3.52. The second kappa shape index (κ2) is 4.21. The molecule has 0 aromatic rings. The van der Waals surface area contributed by atoms with Crippen LogP contribution in [0.25, 0.3) is 0 Å². The van der Waals surface area contributed by atoms with Gasteiger partial charge < -0.3 is 10.0 Å². The quantitative estimate of drug-likeness (QED) is 0.762. The van der Waals surface area contributed by atoms with Crippen LogP contribution in [0.1, 0.15) is 25.7 Å². The molecule has 1 aliphatic carbocycles. The molecule has 15 heavy (non-hydrogen) atoms. The smallest absolute Gasteiger partial charge is 0.314 e. The van der Waals surface area contributed by atoms with Crippen LogP contribution in [0.2, 0.25) is 0 Å². The Hall–Kier alpha value is -1.06. The number of amidine groups is 1. The van der Waals surface area contributed by atoms with Crippen molar-refractivity contribution < 1.29 is 9.90 Å². The van der Waals surface area contributed by atoms with E-state index in [4.69, 9.17) is 0 Å². The van der Waals surface area contributed by atoms with Gasteiger partial charge in [0, 0.05) is 13.6 Å². The van der Waals surface area contributed by atoms with Crippen molar-refractivity contribution in [1.29, 1.82) is 0 Å². The Morgan fingerprint density at radius 3 is 2.67 bits per heavy atom. The first-order chi connectivity index (χ1) is 7.20. The van der Waals surface area contributed by atoms with Gasteiger partial charge in [-0.2, -0.15) is 0 Å². The first kappa shape index (κ1) is 10.5. The monoisotopic (exact) mass is 210 g/mol. The van der Waals surface area contributed by atoms with Crippen LogP contribution in [0, 0.1) is 11.8 Å². The van der Waals surface area contributed by atoms with Crippen LogP contribution in [-0.2, 0) is 4.79 Å². The van der Waals surface area contributed by atoms with Crippen molar-refractivity contribution >= 4 is 11.8 Å². The van der Waals surface area contributed by atoms with Gasteiger partial charge in [0.1, 0.15) is 11.8 Å². The molecule has 0 saturated heterocycles. The number of rotatable bonds is 3. The molecule has 0 aromatic carbocycles. The van der Waals surface area contributed by atoms with Crippen molar-refractivity contribution in [1.82, 2.24) is 4.90 Å². The highest BCUT2D eigenvalue weighted by Gasteiger charge is 2.37. The van der Waals surface area contributed by atoms with Gasteiger partial charge in [0.05, 0.1) is 6.54 Å². The average molecular weight is 210 g/mol. The fourth-order valence-electron chi connectivity index (χ4n) is 2.70. The molecule has 1 saturated carbocycles. The largest absolute Gasteiger partial charge is 0.481 e. The molecule has 0 aromatic heterocycles. The first-order valence-electron chi connectivity index (χ1n) is 5.68. The Balaban J connectivity index is 2.15. The van der Waals surface area contributed by atoms with Gasteiger partial charge in [-0.25, -0.2) is 0 Å². The molecule has 1 heterocycles. The Kier molecular flexibility index (Phi) is 2.93. The lowest BCUT2D eigenvalue weighted by Gasteiger charge is -2.24. The number of aliphatic imine (C=N–C) groups is 1. The Morgan fingerprint density at radius 2 is 2.20 bits per heavy atom. The predicted octanol–water partition coefficient (Wildman–Crippen LogP) is 1.22. The summed E-state index contributed by atoms with van der Waals surface area (Å²) in [6.45, 7) is 1.62. The van der Waals surface area contributed by atoms with Crippen LogP contribution in [0.4, 0.5) is 0 Å². The van der Waals surface area contributed by atoms with Crippen molar-refractivity contribution in [2.45, 2.75) is 25.7 Å². The van der Waals surface area contributed by atoms with Gasteiger partial charge in [-0.1, -0.05) is 12.8 Å². The fourth-order valence-corrected chi connectivity index (χ4v) is 2.70. The second-order valence-corrected chi connectivity index (χ2v) is 4.52. The third-order valence-corrected chi connectivity index (χ3v) is 3.52. The zero-order chi connectivity index (χ0) is 10.8. The predicted molar refractivity (Wildman–Crippen MR) is 58.0 cm³/mol. The molecule has 2 rings (SSSR count). The number of hydrogen-bond donors (Lipinski definition) is 1. The normalized spacial score (nSPS) is 24.3. The summed E-state index contributed by atoms with van der Waals surface area (Å²) in [5.41, 5.74) is 0. The summed E-state index contributed by atoms with van der Waals surface area (Å²) >= 11 is 0. The molecule has 0 spiro atoms. The van der Waals surface area contributed by atoms with Crippen LogP contribution in [0.15, 0.2) is 4.99 Å². The molecule has 1 fully saturated rings. The lowest BCUT2D eigenvalue weighted by molar-refractivity contribution is -0.141. The molecule has 0 amide bonds. The Morgan fingerprint density at radius 1 is 1.53 bits per heavy atom. The van der Waals surface area contributed by atoms with Crippen LogP contribution >= 0.6 is 0 Å². The van der Waals surface area contributed by atoms with Crippen LogP contribution in [0.5, 0.6) is 0 Å². The van der Waals surface area contributed by atoms with Crippen LogP contribution in [-0.4, -0.2) is 41.9 Å². The van der Waals surface area contributed by atoms with Crippen molar-refractivity contribution in [2.24, 2.45) is 16.8 Å². The Bertz CT molecular complexity index is 282. The minimum atomic E-state index is -0.700. The third kappa shape index (κ3) is 1.98. The maximum atomic E-state index is 11.3. The highest BCUT2D eigenvalue weighted by Crippen LogP contribution is 2.33. The van der Waals surface area contributed by atoms with Gasteiger partial charge >= 0.3 is 5.97 Å². The van der Waals surface area contributed by atoms with Crippen LogP contribution in [0.3, 0.4) is 0 Å². The number of nitrogens with zero attached hydrogens (tertiary/aromatic N) is 2. The summed E-state index contributed by atoms with van der Waals surface area (Å²) in [6, 6.07) is 0. The van der Waals surface area contributed by atoms with Crippen LogP contribution < -0.4 is 0 Å². The van der Waals surface area contributed by atoms with E-state index in [1.54, 1.807) is 0 Å². The first-order valence-corrected chi connectivity index (χ1v) is 5.68. The molecular weight excluding hydrogens is 192 g/mol. The maximum Gasteiger partial charge on any atom is 0.314 e. The number of likely N-dealkylation sites (N-methyl/N-ethyl adjacent to an activating group) is 1. The molecule has 4 heteroatoms. The zero-order valence-electron chi connectivity index (χ0n) is 9.15. The highest BCUT2D eigenvalue weighted by molar-refractivity contribution is 6.01. The Labute approximate surface area is 90.0 Å². The molecular formula is C11H18N2O2. The molecule has 84 valence electrons. The molecule has 4 nitrogen and oxygen atoms in total. The van der Waals surface area contributed by atoms with Crippen molar-refractivity contribution in [3.63, 3.8) is 0 Å². The number of aliphatic carboxylic acids is 1. The SMILES string of the molecule is CN1CCN=C1C(C(=O)O)C1CCCC1. The van der Waals surface area contributed by atoms with Gasteiger partial charge in [-0.15, -0.1) is 0 Å². The van der Waals surface area contributed by atoms with E-state index in [0.29, 0.717) is 5.92 Å². The lowest BCUT2D eigenvalue weighted by atomic mass is 9.89. The summed E-state index contributed by atoms with van der Waals surface area (Å²) < 4.78 is 0. The summed E-state index contributed by atoms with van der Waals surface area (Å²) in [4.78, 5) is 17.7. The van der Waals surface area contributed by atoms with E-state index in [-0.39, 0.29) is 5.92 Å². The summed E-state index contributed by atoms with van der Waals surface area (Å²) in [5, 5.41) is 9.30. The van der Waals surface area contributed by atoms with E-state index in [2.05, 4.69) is 4.99 Å². The molecule has 0 bridgehead atoms. The van der Waals surface area contributed by atoms with E-state index in [1.807, 2.05) is 11.9 Å². The maximum absolute atomic E-state index is 11.3. The molecule has 1 N–H and O–H groups in total. The van der Waals surface area contributed by atoms with Gasteiger partial charge in [-0.3, -0.25) is 9.79 Å². The standard InChI is InChI=1S/C11H18N2O2/c1-13-7-6-12-10(13)9(11(14)15)8-4-2-3-5-8/h8-9H,2-7H2,1H3,(H,14,15). The van der Waals surface area contributed by atoms with E-state index >= 15 is 0 Å².